The van der Waals surface area contributed by atoms with Crippen molar-refractivity contribution in [1.29, 1.82) is 0 Å². The summed E-state index contributed by atoms with van der Waals surface area (Å²) in [5.41, 5.74) is -0.264. The second kappa shape index (κ2) is 5.05. The third kappa shape index (κ3) is 2.78. The Bertz CT molecular complexity index is 362. The number of ketones is 1. The summed E-state index contributed by atoms with van der Waals surface area (Å²) in [6.45, 7) is 6.17. The fraction of sp³-hybridized carbons (Fsp3) is 0.643. The molecule has 1 fully saturated rings. The van der Waals surface area contributed by atoms with E-state index in [0.717, 1.165) is 25.3 Å². The van der Waals surface area contributed by atoms with E-state index in [0.29, 0.717) is 12.3 Å². The molecule has 2 heterocycles. The molecule has 0 bridgehead atoms. The monoisotopic (exact) mass is 235 g/mol. The van der Waals surface area contributed by atoms with E-state index in [4.69, 9.17) is 4.42 Å². The van der Waals surface area contributed by atoms with Crippen LogP contribution in [-0.2, 0) is 11.2 Å². The van der Waals surface area contributed by atoms with Gasteiger partial charge in [0.2, 0.25) is 0 Å². The standard InChI is InChI=1S/C14H21NO2/c1-14(2,11-5-3-7-15-10-11)13(16)9-12-6-4-8-17-12/h4,6,8,11,15H,3,5,7,9-10H2,1-2H3. The molecular formula is C14H21NO2. The zero-order valence-corrected chi connectivity index (χ0v) is 10.7. The Morgan fingerprint density at radius 2 is 2.41 bits per heavy atom. The third-order valence-corrected chi connectivity index (χ3v) is 3.95. The SMILES string of the molecule is CC(C)(C(=O)Cc1ccco1)C1CCCNC1. The molecule has 1 saturated heterocycles. The van der Waals surface area contributed by atoms with Crippen LogP contribution >= 0.6 is 0 Å². The minimum atomic E-state index is -0.264. The van der Waals surface area contributed by atoms with Gasteiger partial charge in [-0.05, 0) is 44.0 Å². The Balaban J connectivity index is 2.00. The maximum absolute atomic E-state index is 12.3. The molecule has 94 valence electrons. The second-order valence-corrected chi connectivity index (χ2v) is 5.44. The average Bonchev–Trinajstić information content (AvgIpc) is 2.83. The van der Waals surface area contributed by atoms with E-state index in [2.05, 4.69) is 19.2 Å². The quantitative estimate of drug-likeness (QED) is 0.871. The lowest BCUT2D eigenvalue weighted by Gasteiger charge is -2.36. The van der Waals surface area contributed by atoms with E-state index in [1.54, 1.807) is 6.26 Å². The van der Waals surface area contributed by atoms with Gasteiger partial charge in [-0.3, -0.25) is 4.79 Å². The van der Waals surface area contributed by atoms with Gasteiger partial charge in [-0.1, -0.05) is 13.8 Å². The van der Waals surface area contributed by atoms with Gasteiger partial charge in [0.25, 0.3) is 0 Å². The first kappa shape index (κ1) is 12.4. The number of carbonyl (C=O) groups excluding carboxylic acids is 1. The Labute approximate surface area is 103 Å². The summed E-state index contributed by atoms with van der Waals surface area (Å²) < 4.78 is 5.25. The maximum atomic E-state index is 12.3. The van der Waals surface area contributed by atoms with Crippen molar-refractivity contribution in [2.75, 3.05) is 13.1 Å². The molecule has 1 aliphatic rings. The maximum Gasteiger partial charge on any atom is 0.146 e. The summed E-state index contributed by atoms with van der Waals surface area (Å²) in [6, 6.07) is 3.70. The first-order valence-corrected chi connectivity index (χ1v) is 6.37. The fourth-order valence-electron chi connectivity index (χ4n) is 2.49. The van der Waals surface area contributed by atoms with Gasteiger partial charge in [0.05, 0.1) is 12.7 Å². The molecule has 3 heteroatoms. The van der Waals surface area contributed by atoms with E-state index in [9.17, 15) is 4.79 Å². The Morgan fingerprint density at radius 3 is 3.00 bits per heavy atom. The molecule has 1 N–H and O–H groups in total. The first-order valence-electron chi connectivity index (χ1n) is 6.37. The normalized spacial score (nSPS) is 21.4. The van der Waals surface area contributed by atoms with E-state index in [-0.39, 0.29) is 11.2 Å². The lowest BCUT2D eigenvalue weighted by molar-refractivity contribution is -0.129. The Hall–Kier alpha value is -1.09. The number of rotatable bonds is 4. The van der Waals surface area contributed by atoms with Crippen LogP contribution in [0.5, 0.6) is 0 Å². The fourth-order valence-corrected chi connectivity index (χ4v) is 2.49. The van der Waals surface area contributed by atoms with E-state index >= 15 is 0 Å². The highest BCUT2D eigenvalue weighted by Gasteiger charge is 2.36. The van der Waals surface area contributed by atoms with Crippen LogP contribution in [0.1, 0.15) is 32.4 Å². The number of nitrogens with one attached hydrogen (secondary N) is 1. The Morgan fingerprint density at radius 1 is 1.59 bits per heavy atom. The van der Waals surface area contributed by atoms with Crippen LogP contribution in [0, 0.1) is 11.3 Å². The Kier molecular flexibility index (Phi) is 3.67. The largest absolute Gasteiger partial charge is 0.469 e. The minimum Gasteiger partial charge on any atom is -0.469 e. The van der Waals surface area contributed by atoms with Gasteiger partial charge in [0, 0.05) is 5.41 Å². The molecule has 1 atom stereocenters. The molecule has 1 aromatic heterocycles. The zero-order chi connectivity index (χ0) is 12.3. The van der Waals surface area contributed by atoms with Gasteiger partial charge in [-0.15, -0.1) is 0 Å². The van der Waals surface area contributed by atoms with Crippen molar-refractivity contribution in [2.45, 2.75) is 33.1 Å². The number of piperidine rings is 1. The van der Waals surface area contributed by atoms with Crippen molar-refractivity contribution in [3.05, 3.63) is 24.2 Å². The van der Waals surface area contributed by atoms with Crippen molar-refractivity contribution < 1.29 is 9.21 Å². The number of hydrogen-bond acceptors (Lipinski definition) is 3. The van der Waals surface area contributed by atoms with E-state index < -0.39 is 0 Å². The molecule has 0 aromatic carbocycles. The molecule has 1 aromatic rings. The predicted molar refractivity (Wildman–Crippen MR) is 66.8 cm³/mol. The highest BCUT2D eigenvalue weighted by atomic mass is 16.3. The summed E-state index contributed by atoms with van der Waals surface area (Å²) in [4.78, 5) is 12.3. The number of hydrogen-bond donors (Lipinski definition) is 1. The molecule has 1 aliphatic heterocycles. The molecule has 1 unspecified atom stereocenters. The molecule has 0 radical (unpaired) electrons. The van der Waals surface area contributed by atoms with Crippen molar-refractivity contribution in [3.8, 4) is 0 Å². The van der Waals surface area contributed by atoms with Gasteiger partial charge in [0.15, 0.2) is 0 Å². The van der Waals surface area contributed by atoms with Gasteiger partial charge < -0.3 is 9.73 Å². The van der Waals surface area contributed by atoms with E-state index in [1.165, 1.54) is 6.42 Å². The van der Waals surface area contributed by atoms with Gasteiger partial charge in [-0.2, -0.15) is 0 Å². The highest BCUT2D eigenvalue weighted by Crippen LogP contribution is 2.33. The molecule has 0 aliphatic carbocycles. The molecule has 3 nitrogen and oxygen atoms in total. The molecule has 0 spiro atoms. The molecule has 17 heavy (non-hydrogen) atoms. The number of furan rings is 1. The molecular weight excluding hydrogens is 214 g/mol. The second-order valence-electron chi connectivity index (χ2n) is 5.44. The van der Waals surface area contributed by atoms with Gasteiger partial charge in [-0.25, -0.2) is 0 Å². The van der Waals surface area contributed by atoms with Crippen LogP contribution in [0.4, 0.5) is 0 Å². The summed E-state index contributed by atoms with van der Waals surface area (Å²) in [5, 5.41) is 3.38. The minimum absolute atomic E-state index is 0.264. The summed E-state index contributed by atoms with van der Waals surface area (Å²) in [5.74, 6) is 1.49. The topological polar surface area (TPSA) is 42.2 Å². The zero-order valence-electron chi connectivity index (χ0n) is 10.7. The van der Waals surface area contributed by atoms with Crippen LogP contribution in [-0.4, -0.2) is 18.9 Å². The van der Waals surface area contributed by atoms with Crippen LogP contribution in [0.3, 0.4) is 0 Å². The first-order chi connectivity index (χ1) is 8.10. The van der Waals surface area contributed by atoms with Gasteiger partial charge in [0.1, 0.15) is 11.5 Å². The lowest BCUT2D eigenvalue weighted by Crippen LogP contribution is -2.43. The average molecular weight is 235 g/mol. The molecule has 0 saturated carbocycles. The van der Waals surface area contributed by atoms with E-state index in [1.807, 2.05) is 12.1 Å². The van der Waals surface area contributed by atoms with Crippen molar-refractivity contribution in [2.24, 2.45) is 11.3 Å². The summed E-state index contributed by atoms with van der Waals surface area (Å²) in [6.07, 6.45) is 4.35. The molecule has 2 rings (SSSR count). The van der Waals surface area contributed by atoms with Crippen LogP contribution in [0.2, 0.25) is 0 Å². The van der Waals surface area contributed by atoms with Crippen LogP contribution in [0.15, 0.2) is 22.8 Å². The van der Waals surface area contributed by atoms with Crippen molar-refractivity contribution >= 4 is 5.78 Å². The highest BCUT2D eigenvalue weighted by molar-refractivity contribution is 5.86. The number of carbonyl (C=O) groups is 1. The lowest BCUT2D eigenvalue weighted by atomic mass is 9.71. The number of Topliss-reactive ketones (excluding diaryl/α,β-unsaturated/α-hetero) is 1. The van der Waals surface area contributed by atoms with Crippen molar-refractivity contribution in [1.82, 2.24) is 5.32 Å². The van der Waals surface area contributed by atoms with Crippen molar-refractivity contribution in [3.63, 3.8) is 0 Å². The van der Waals surface area contributed by atoms with Gasteiger partial charge >= 0.3 is 0 Å². The predicted octanol–water partition coefficient (Wildman–Crippen LogP) is 2.42. The van der Waals surface area contributed by atoms with Crippen LogP contribution in [0.25, 0.3) is 0 Å². The molecule has 0 amide bonds. The summed E-state index contributed by atoms with van der Waals surface area (Å²) >= 11 is 0. The van der Waals surface area contributed by atoms with Crippen LogP contribution < -0.4 is 5.32 Å². The third-order valence-electron chi connectivity index (χ3n) is 3.95. The summed E-state index contributed by atoms with van der Waals surface area (Å²) in [7, 11) is 0. The smallest absolute Gasteiger partial charge is 0.146 e.